The van der Waals surface area contributed by atoms with E-state index in [1.54, 1.807) is 0 Å². The van der Waals surface area contributed by atoms with E-state index in [-0.39, 0.29) is 17.1 Å². The lowest BCUT2D eigenvalue weighted by Crippen LogP contribution is -2.55. The summed E-state index contributed by atoms with van der Waals surface area (Å²) in [6, 6.07) is 0. The molecule has 2 bridgehead atoms. The minimum absolute atomic E-state index is 0.258. The van der Waals surface area contributed by atoms with Crippen molar-refractivity contribution in [1.29, 1.82) is 0 Å². The minimum Gasteiger partial charge on any atom is -0.387 e. The first-order chi connectivity index (χ1) is 15.9. The summed E-state index contributed by atoms with van der Waals surface area (Å²) in [6.07, 6.45) is -9.25. The van der Waals surface area contributed by atoms with E-state index >= 15 is 0 Å². The van der Waals surface area contributed by atoms with Crippen LogP contribution >= 0.6 is 23.5 Å². The Morgan fingerprint density at radius 3 is 2.46 bits per heavy atom. The quantitative estimate of drug-likeness (QED) is 0.181. The van der Waals surface area contributed by atoms with Gasteiger partial charge in [0.15, 0.2) is 17.4 Å². The molecular formula is C11H14F2N5O14P3. The second-order valence-corrected chi connectivity index (χ2v) is 11.5. The predicted octanol–water partition coefficient (Wildman–Crippen LogP) is -1.33. The van der Waals surface area contributed by atoms with Crippen molar-refractivity contribution in [3.63, 3.8) is 0 Å². The number of halogens is 2. The highest BCUT2D eigenvalue weighted by Gasteiger charge is 2.77. The smallest absolute Gasteiger partial charge is 0.387 e. The van der Waals surface area contributed by atoms with Crippen LogP contribution in [0, 0.1) is 0 Å². The molecule has 4 rings (SSSR count). The number of nitrogens with one attached hydrogen (secondary N) is 1. The van der Waals surface area contributed by atoms with Crippen LogP contribution in [0.2, 0.25) is 0 Å². The van der Waals surface area contributed by atoms with E-state index in [0.717, 1.165) is 10.9 Å². The van der Waals surface area contributed by atoms with Gasteiger partial charge in [0.2, 0.25) is 11.5 Å². The minimum atomic E-state index is -5.94. The van der Waals surface area contributed by atoms with Crippen molar-refractivity contribution in [2.24, 2.45) is 0 Å². The maximum Gasteiger partial charge on any atom is 0.490 e. The van der Waals surface area contributed by atoms with Crippen molar-refractivity contribution in [2.45, 2.75) is 30.1 Å². The zero-order valence-electron chi connectivity index (χ0n) is 16.4. The summed E-state index contributed by atoms with van der Waals surface area (Å²) in [5.41, 5.74) is 0.908. The number of hydrogen-bond acceptors (Lipinski definition) is 13. The Morgan fingerprint density at radius 2 is 1.83 bits per heavy atom. The molecule has 196 valence electrons. The summed E-state index contributed by atoms with van der Waals surface area (Å²) >= 11 is 0. The van der Waals surface area contributed by atoms with Crippen LogP contribution in [0.1, 0.15) is 6.23 Å². The molecule has 4 heterocycles. The van der Waals surface area contributed by atoms with Gasteiger partial charge < -0.3 is 39.9 Å². The number of anilines is 1. The first-order valence-corrected chi connectivity index (χ1v) is 13.3. The topological polar surface area (TPSA) is 288 Å². The molecule has 0 aromatic carbocycles. The van der Waals surface area contributed by atoms with Crippen LogP contribution in [0.15, 0.2) is 11.1 Å². The van der Waals surface area contributed by atoms with Gasteiger partial charge in [-0.1, -0.05) is 0 Å². The summed E-state index contributed by atoms with van der Waals surface area (Å²) in [4.78, 5) is 57.5. The number of nitrogens with zero attached hydrogens (tertiary/aromatic N) is 3. The van der Waals surface area contributed by atoms with Gasteiger partial charge in [0.25, 0.3) is 5.56 Å². The van der Waals surface area contributed by atoms with Crippen molar-refractivity contribution in [2.75, 3.05) is 12.3 Å². The largest absolute Gasteiger partial charge is 0.490 e. The van der Waals surface area contributed by atoms with Crippen molar-refractivity contribution >= 4 is 40.6 Å². The maximum atomic E-state index is 14.6. The van der Waals surface area contributed by atoms with Crippen LogP contribution < -0.4 is 11.3 Å². The number of imidazole rings is 1. The van der Waals surface area contributed by atoms with Crippen LogP contribution in [-0.2, 0) is 36.3 Å². The number of phosphoric acid groups is 3. The number of aliphatic hydroxyl groups is 1. The molecule has 0 amide bonds. The molecule has 0 radical (unpaired) electrons. The van der Waals surface area contributed by atoms with E-state index in [1.165, 1.54) is 0 Å². The van der Waals surface area contributed by atoms with Crippen molar-refractivity contribution < 1.29 is 69.8 Å². The number of H-pyrrole nitrogens is 1. The monoisotopic (exact) mass is 571 g/mol. The number of aromatic nitrogens is 4. The zero-order chi connectivity index (χ0) is 26.2. The number of hydrogen-bond donors (Lipinski definition) is 7. The molecule has 2 unspecified atom stereocenters. The molecule has 2 aromatic heterocycles. The summed E-state index contributed by atoms with van der Waals surface area (Å²) in [5.74, 6) is -0.374. The molecule has 2 aromatic rings. The van der Waals surface area contributed by atoms with E-state index in [0.29, 0.717) is 0 Å². The van der Waals surface area contributed by atoms with Crippen LogP contribution in [0.3, 0.4) is 0 Å². The number of aliphatic hydroxyl groups excluding tert-OH is 1. The number of aromatic amines is 1. The Morgan fingerprint density at radius 1 is 1.17 bits per heavy atom. The zero-order valence-corrected chi connectivity index (χ0v) is 19.1. The Hall–Kier alpha value is -1.70. The molecule has 2 aliphatic rings. The summed E-state index contributed by atoms with van der Waals surface area (Å²) in [7, 11) is -17.5. The van der Waals surface area contributed by atoms with E-state index in [9.17, 15) is 42.2 Å². The third-order valence-corrected chi connectivity index (χ3v) is 8.54. The van der Waals surface area contributed by atoms with Gasteiger partial charge in [-0.2, -0.15) is 22.4 Å². The van der Waals surface area contributed by atoms with Crippen LogP contribution in [0.25, 0.3) is 11.2 Å². The van der Waals surface area contributed by atoms with Gasteiger partial charge in [-0.25, -0.2) is 18.7 Å². The second kappa shape index (κ2) is 8.15. The highest BCUT2D eigenvalue weighted by molar-refractivity contribution is 7.66. The van der Waals surface area contributed by atoms with Crippen LogP contribution in [-0.4, -0.2) is 74.7 Å². The van der Waals surface area contributed by atoms with E-state index < -0.39 is 65.8 Å². The van der Waals surface area contributed by atoms with Gasteiger partial charge >= 0.3 is 29.6 Å². The summed E-state index contributed by atoms with van der Waals surface area (Å²) in [6.45, 7) is -1.72. The molecule has 0 spiro atoms. The van der Waals surface area contributed by atoms with Gasteiger partial charge in [0, 0.05) is 0 Å². The number of fused-ring (bicyclic) bond motifs is 3. The lowest BCUT2D eigenvalue weighted by Gasteiger charge is -2.36. The fourth-order valence-corrected chi connectivity index (χ4v) is 6.49. The lowest BCUT2D eigenvalue weighted by atomic mass is 9.98. The van der Waals surface area contributed by atoms with Crippen molar-refractivity contribution in [3.8, 4) is 0 Å². The number of ether oxygens (including phenoxy) is 2. The third-order valence-electron chi connectivity index (χ3n) is 4.76. The lowest BCUT2D eigenvalue weighted by molar-refractivity contribution is -0.370. The number of nitrogens with two attached hydrogens (primary N) is 1. The van der Waals surface area contributed by atoms with E-state index in [1.807, 2.05) is 0 Å². The molecule has 35 heavy (non-hydrogen) atoms. The highest BCUT2D eigenvalue weighted by Crippen LogP contribution is 2.67. The fraction of sp³-hybridized carbons (Fsp3) is 0.545. The number of nitrogen functional groups attached to an aromatic ring is 1. The number of rotatable bonds is 8. The number of phosphoric ester groups is 1. The fourth-order valence-electron chi connectivity index (χ4n) is 3.44. The third kappa shape index (κ3) is 4.72. The molecule has 0 saturated carbocycles. The first kappa shape index (κ1) is 26.4. The van der Waals surface area contributed by atoms with E-state index in [4.69, 9.17) is 20.3 Å². The SMILES string of the molecule is Nc1nc2c(ncn2[C@@H]2O[C@]3(COP(=O)(O)OP(=O)(O)OP(=O)(O)O)[C@@H](O)[C@H]2OC3(F)F)c(=O)[nH]1. The van der Waals surface area contributed by atoms with Gasteiger partial charge in [-0.3, -0.25) is 18.9 Å². The standard InChI is InChI=1S/C11H14F2N5O14P3/c12-11(13)10(1-28-34(24,25)32-35(26,27)31-33(21,22)23)5(19)4(29-11)8(30-10)18-2-15-3-6(18)16-9(14)17-7(3)20/h2,4-5,8,19H,1H2,(H,24,25)(H,26,27)(H2,21,22,23)(H3,14,16,17,20)/t4-,5+,8-,10-/m1/s1. The molecule has 24 heteroatoms. The predicted molar refractivity (Wildman–Crippen MR) is 101 cm³/mol. The molecule has 6 atom stereocenters. The van der Waals surface area contributed by atoms with Crippen molar-refractivity contribution in [1.82, 2.24) is 19.5 Å². The van der Waals surface area contributed by atoms with Gasteiger partial charge in [0.05, 0.1) is 12.9 Å². The molecule has 2 fully saturated rings. The Kier molecular flexibility index (Phi) is 6.14. The maximum absolute atomic E-state index is 14.6. The Bertz CT molecular complexity index is 1380. The second-order valence-electron chi connectivity index (χ2n) is 7.08. The Balaban J connectivity index is 1.60. The van der Waals surface area contributed by atoms with Gasteiger partial charge in [-0.15, -0.1) is 0 Å². The van der Waals surface area contributed by atoms with Crippen molar-refractivity contribution in [3.05, 3.63) is 16.7 Å². The van der Waals surface area contributed by atoms with E-state index in [2.05, 4.69) is 32.8 Å². The average Bonchev–Trinajstić information content (AvgIpc) is 3.23. The normalized spacial score (nSPS) is 31.5. The molecule has 0 aliphatic carbocycles. The van der Waals surface area contributed by atoms with Crippen LogP contribution in [0.4, 0.5) is 14.7 Å². The first-order valence-electron chi connectivity index (χ1n) is 8.79. The van der Waals surface area contributed by atoms with Crippen LogP contribution in [0.5, 0.6) is 0 Å². The Labute approximate surface area is 189 Å². The molecule has 2 aliphatic heterocycles. The van der Waals surface area contributed by atoms with Gasteiger partial charge in [0.1, 0.15) is 12.2 Å². The summed E-state index contributed by atoms with van der Waals surface area (Å²) < 4.78 is 85.1. The molecule has 19 nitrogen and oxygen atoms in total. The van der Waals surface area contributed by atoms with Gasteiger partial charge in [-0.05, 0) is 0 Å². The molecule has 8 N–H and O–H groups in total. The average molecular weight is 571 g/mol. The highest BCUT2D eigenvalue weighted by atomic mass is 31.3. The molecule has 2 saturated heterocycles. The number of alkyl halides is 2. The summed E-state index contributed by atoms with van der Waals surface area (Å²) in [5, 5.41) is 10.4. The molecular weight excluding hydrogens is 557 g/mol.